The highest BCUT2D eigenvalue weighted by molar-refractivity contribution is 5.81. The number of carbonyl (C=O) groups excluding carboxylic acids is 2. The quantitative estimate of drug-likeness (QED) is 0.647. The minimum atomic E-state index is -4.46. The number of benzene rings is 1. The van der Waals surface area contributed by atoms with Crippen LogP contribution in [0.25, 0.3) is 0 Å². The SMILES string of the molecule is O=C(COC(=O)Cc1cccc(C(F)(F)F)c1)NC1CCCCCC1. The third-order valence-corrected chi connectivity index (χ3v) is 4.19. The summed E-state index contributed by atoms with van der Waals surface area (Å²) in [7, 11) is 0. The number of amides is 1. The summed E-state index contributed by atoms with van der Waals surface area (Å²) in [5, 5.41) is 2.84. The summed E-state index contributed by atoms with van der Waals surface area (Å²) in [6.45, 7) is -0.408. The number of nitrogens with one attached hydrogen (secondary N) is 1. The third kappa shape index (κ3) is 6.76. The van der Waals surface area contributed by atoms with Crippen LogP contribution in [0, 0.1) is 0 Å². The van der Waals surface area contributed by atoms with E-state index in [0.717, 1.165) is 37.8 Å². The lowest BCUT2D eigenvalue weighted by Gasteiger charge is -2.16. The fourth-order valence-corrected chi connectivity index (χ4v) is 2.91. The normalized spacial score (nSPS) is 16.1. The van der Waals surface area contributed by atoms with Crippen LogP contribution in [0.3, 0.4) is 0 Å². The number of carbonyl (C=O) groups is 2. The van der Waals surface area contributed by atoms with Crippen molar-refractivity contribution in [3.8, 4) is 0 Å². The Hall–Kier alpha value is -2.05. The molecule has 1 aromatic carbocycles. The molecule has 1 saturated carbocycles. The van der Waals surface area contributed by atoms with Crippen LogP contribution in [0.5, 0.6) is 0 Å². The van der Waals surface area contributed by atoms with Gasteiger partial charge in [-0.2, -0.15) is 13.2 Å². The van der Waals surface area contributed by atoms with E-state index < -0.39 is 24.3 Å². The Balaban J connectivity index is 1.77. The maximum absolute atomic E-state index is 12.6. The molecule has 138 valence electrons. The van der Waals surface area contributed by atoms with E-state index >= 15 is 0 Å². The summed E-state index contributed by atoms with van der Waals surface area (Å²) >= 11 is 0. The van der Waals surface area contributed by atoms with Crippen molar-refractivity contribution in [1.82, 2.24) is 5.32 Å². The van der Waals surface area contributed by atoms with Gasteiger partial charge < -0.3 is 10.1 Å². The van der Waals surface area contributed by atoms with Crippen LogP contribution in [0.1, 0.15) is 49.7 Å². The molecule has 25 heavy (non-hydrogen) atoms. The number of rotatable bonds is 5. The fourth-order valence-electron chi connectivity index (χ4n) is 2.91. The molecule has 0 radical (unpaired) electrons. The summed E-state index contributed by atoms with van der Waals surface area (Å²) in [5.74, 6) is -1.10. The van der Waals surface area contributed by atoms with Crippen molar-refractivity contribution in [3.05, 3.63) is 35.4 Å². The molecule has 0 unspecified atom stereocenters. The van der Waals surface area contributed by atoms with Crippen molar-refractivity contribution in [2.75, 3.05) is 6.61 Å². The Morgan fingerprint density at radius 3 is 2.44 bits per heavy atom. The molecule has 1 aliphatic carbocycles. The molecule has 0 bridgehead atoms. The van der Waals surface area contributed by atoms with E-state index in [1.807, 2.05) is 0 Å². The second-order valence-electron chi connectivity index (χ2n) is 6.29. The zero-order valence-electron chi connectivity index (χ0n) is 13.9. The van der Waals surface area contributed by atoms with Crippen LogP contribution < -0.4 is 5.32 Å². The molecule has 2 rings (SSSR count). The monoisotopic (exact) mass is 357 g/mol. The van der Waals surface area contributed by atoms with Crippen LogP contribution in [0.15, 0.2) is 24.3 Å². The maximum Gasteiger partial charge on any atom is 0.416 e. The van der Waals surface area contributed by atoms with E-state index in [1.165, 1.54) is 25.0 Å². The van der Waals surface area contributed by atoms with E-state index in [2.05, 4.69) is 5.32 Å². The number of esters is 1. The van der Waals surface area contributed by atoms with Crippen molar-refractivity contribution >= 4 is 11.9 Å². The van der Waals surface area contributed by atoms with Crippen molar-refractivity contribution in [3.63, 3.8) is 0 Å². The highest BCUT2D eigenvalue weighted by Gasteiger charge is 2.30. The number of alkyl halides is 3. The first-order valence-corrected chi connectivity index (χ1v) is 8.46. The van der Waals surface area contributed by atoms with Crippen molar-refractivity contribution in [2.24, 2.45) is 0 Å². The van der Waals surface area contributed by atoms with Gasteiger partial charge in [-0.15, -0.1) is 0 Å². The average molecular weight is 357 g/mol. The lowest BCUT2D eigenvalue weighted by molar-refractivity contribution is -0.148. The zero-order chi connectivity index (χ0) is 18.3. The summed E-state index contributed by atoms with van der Waals surface area (Å²) in [6.07, 6.45) is 1.55. The molecule has 1 N–H and O–H groups in total. The van der Waals surface area contributed by atoms with Gasteiger partial charge in [0.25, 0.3) is 5.91 Å². The fraction of sp³-hybridized carbons (Fsp3) is 0.556. The molecule has 0 aromatic heterocycles. The molecule has 1 fully saturated rings. The second kappa shape index (κ2) is 8.87. The smallest absolute Gasteiger partial charge is 0.416 e. The first-order chi connectivity index (χ1) is 11.8. The van der Waals surface area contributed by atoms with Crippen LogP contribution in [0.2, 0.25) is 0 Å². The van der Waals surface area contributed by atoms with Gasteiger partial charge in [0.2, 0.25) is 0 Å². The zero-order valence-corrected chi connectivity index (χ0v) is 13.9. The summed E-state index contributed by atoms with van der Waals surface area (Å²) in [6, 6.07) is 4.62. The lowest BCUT2D eigenvalue weighted by Crippen LogP contribution is -2.37. The minimum Gasteiger partial charge on any atom is -0.455 e. The Kier molecular flexibility index (Phi) is 6.84. The predicted molar refractivity (Wildman–Crippen MR) is 85.7 cm³/mol. The molecule has 0 heterocycles. The Bertz CT molecular complexity index is 593. The topological polar surface area (TPSA) is 55.4 Å². The number of ether oxygens (including phenoxy) is 1. The van der Waals surface area contributed by atoms with Gasteiger partial charge in [-0.3, -0.25) is 9.59 Å². The van der Waals surface area contributed by atoms with Crippen molar-refractivity contribution < 1.29 is 27.5 Å². The average Bonchev–Trinajstić information content (AvgIpc) is 2.81. The lowest BCUT2D eigenvalue weighted by atomic mass is 10.1. The van der Waals surface area contributed by atoms with Gasteiger partial charge in [-0.25, -0.2) is 0 Å². The van der Waals surface area contributed by atoms with Gasteiger partial charge in [0.05, 0.1) is 12.0 Å². The van der Waals surface area contributed by atoms with Crippen LogP contribution >= 0.6 is 0 Å². The summed E-state index contributed by atoms with van der Waals surface area (Å²) in [4.78, 5) is 23.6. The third-order valence-electron chi connectivity index (χ3n) is 4.19. The highest BCUT2D eigenvalue weighted by atomic mass is 19.4. The molecule has 0 atom stereocenters. The van der Waals surface area contributed by atoms with E-state index in [9.17, 15) is 22.8 Å². The first kappa shape index (κ1) is 19.3. The standard InChI is InChI=1S/C18H22F3NO3/c19-18(20,21)14-7-5-6-13(10-14)11-17(24)25-12-16(23)22-15-8-3-1-2-4-9-15/h5-7,10,15H,1-4,8-9,11-12H2,(H,22,23). The molecule has 0 saturated heterocycles. The molecule has 4 nitrogen and oxygen atoms in total. The van der Waals surface area contributed by atoms with E-state index in [-0.39, 0.29) is 23.9 Å². The highest BCUT2D eigenvalue weighted by Crippen LogP contribution is 2.29. The van der Waals surface area contributed by atoms with Gasteiger partial charge in [0.15, 0.2) is 6.61 Å². The minimum absolute atomic E-state index is 0.108. The van der Waals surface area contributed by atoms with Gasteiger partial charge in [-0.1, -0.05) is 43.9 Å². The Morgan fingerprint density at radius 2 is 1.80 bits per heavy atom. The molecule has 1 aromatic rings. The molecule has 1 aliphatic rings. The van der Waals surface area contributed by atoms with Crippen LogP contribution in [0.4, 0.5) is 13.2 Å². The number of hydrogen-bond acceptors (Lipinski definition) is 3. The predicted octanol–water partition coefficient (Wildman–Crippen LogP) is 3.63. The van der Waals surface area contributed by atoms with E-state index in [4.69, 9.17) is 4.74 Å². The Labute approximate surface area is 144 Å². The van der Waals surface area contributed by atoms with Gasteiger partial charge in [0.1, 0.15) is 0 Å². The molecular weight excluding hydrogens is 335 g/mol. The molecule has 0 spiro atoms. The second-order valence-corrected chi connectivity index (χ2v) is 6.29. The van der Waals surface area contributed by atoms with Crippen LogP contribution in [-0.4, -0.2) is 24.5 Å². The van der Waals surface area contributed by atoms with E-state index in [1.54, 1.807) is 0 Å². The van der Waals surface area contributed by atoms with Gasteiger partial charge in [-0.05, 0) is 24.5 Å². The molecule has 1 amide bonds. The van der Waals surface area contributed by atoms with Crippen molar-refractivity contribution in [1.29, 1.82) is 0 Å². The number of hydrogen-bond donors (Lipinski definition) is 1. The molecular formula is C18H22F3NO3. The summed E-state index contributed by atoms with van der Waals surface area (Å²) in [5.41, 5.74) is -0.618. The van der Waals surface area contributed by atoms with Gasteiger partial charge >= 0.3 is 12.1 Å². The van der Waals surface area contributed by atoms with E-state index in [0.29, 0.717) is 0 Å². The maximum atomic E-state index is 12.6. The van der Waals surface area contributed by atoms with Crippen molar-refractivity contribution in [2.45, 2.75) is 57.2 Å². The molecule has 0 aliphatic heterocycles. The van der Waals surface area contributed by atoms with Gasteiger partial charge in [0, 0.05) is 6.04 Å². The number of halogens is 3. The summed E-state index contributed by atoms with van der Waals surface area (Å²) < 4.78 is 42.8. The molecule has 7 heteroatoms. The largest absolute Gasteiger partial charge is 0.455 e. The Morgan fingerprint density at radius 1 is 1.12 bits per heavy atom. The first-order valence-electron chi connectivity index (χ1n) is 8.46. The van der Waals surface area contributed by atoms with Crippen LogP contribution in [-0.2, 0) is 26.9 Å².